The zero-order valence-corrected chi connectivity index (χ0v) is 24.4. The molecular weight excluding hydrogens is 512 g/mol. The van der Waals surface area contributed by atoms with Crippen LogP contribution in [0.3, 0.4) is 0 Å². The Labute approximate surface area is 236 Å². The summed E-state index contributed by atoms with van der Waals surface area (Å²) >= 11 is 1.61. The third-order valence-electron chi connectivity index (χ3n) is 8.58. The van der Waals surface area contributed by atoms with Gasteiger partial charge in [0.2, 0.25) is 11.8 Å². The van der Waals surface area contributed by atoms with Crippen molar-refractivity contribution in [1.82, 2.24) is 9.80 Å². The Hall–Kier alpha value is -2.58. The van der Waals surface area contributed by atoms with Crippen molar-refractivity contribution in [3.8, 4) is 0 Å². The van der Waals surface area contributed by atoms with Crippen LogP contribution < -0.4 is 0 Å². The topological polar surface area (TPSA) is 87.1 Å². The smallest absolute Gasteiger partial charge is 0.311 e. The standard InChI is InChI=1S/C31H42N2O5S/c1-7-9-13-19-38-28(37)24-23-26(35)33(22(20-34)21-14-11-10-12-15-21)25(31(23)17-16-30(24,6)39-31)27(36)32(18-8-2)29(3,4)5/h7-8,10-12,14-15,22-25,34H,1-2,9,13,16-20H2,3-6H3/t22-,23+,24+,25?,30-,31?/m1/s1. The van der Waals surface area contributed by atoms with Gasteiger partial charge in [0.05, 0.1) is 35.8 Å². The number of amides is 2. The second-order valence-electron chi connectivity index (χ2n) is 12.1. The first-order valence-electron chi connectivity index (χ1n) is 13.8. The van der Waals surface area contributed by atoms with Gasteiger partial charge in [-0.15, -0.1) is 24.9 Å². The van der Waals surface area contributed by atoms with Crippen molar-refractivity contribution >= 4 is 29.5 Å². The van der Waals surface area contributed by atoms with E-state index in [0.29, 0.717) is 25.8 Å². The Bertz CT molecular complexity index is 1120. The number of esters is 1. The van der Waals surface area contributed by atoms with E-state index in [2.05, 4.69) is 13.2 Å². The number of rotatable bonds is 11. The molecule has 0 radical (unpaired) electrons. The van der Waals surface area contributed by atoms with Gasteiger partial charge < -0.3 is 19.6 Å². The summed E-state index contributed by atoms with van der Waals surface area (Å²) in [5.41, 5.74) is 0.230. The minimum Gasteiger partial charge on any atom is -0.465 e. The number of ether oxygens (including phenoxy) is 1. The van der Waals surface area contributed by atoms with E-state index < -0.39 is 39.0 Å². The summed E-state index contributed by atoms with van der Waals surface area (Å²) in [6, 6.07) is 7.78. The van der Waals surface area contributed by atoms with E-state index >= 15 is 0 Å². The predicted octanol–water partition coefficient (Wildman–Crippen LogP) is 4.52. The summed E-state index contributed by atoms with van der Waals surface area (Å²) in [5, 5.41) is 10.6. The summed E-state index contributed by atoms with van der Waals surface area (Å²) in [7, 11) is 0. The third kappa shape index (κ3) is 4.95. The van der Waals surface area contributed by atoms with Gasteiger partial charge in [-0.05, 0) is 58.9 Å². The summed E-state index contributed by atoms with van der Waals surface area (Å²) in [4.78, 5) is 46.1. The third-order valence-corrected chi connectivity index (χ3v) is 10.6. The number of hydrogen-bond acceptors (Lipinski definition) is 6. The molecule has 2 bridgehead atoms. The van der Waals surface area contributed by atoms with Gasteiger partial charge >= 0.3 is 5.97 Å². The predicted molar refractivity (Wildman–Crippen MR) is 154 cm³/mol. The number of allylic oxidation sites excluding steroid dienone is 1. The van der Waals surface area contributed by atoms with Gasteiger partial charge in [0.1, 0.15) is 6.04 Å². The number of benzene rings is 1. The number of nitrogens with zero attached hydrogens (tertiary/aromatic N) is 2. The van der Waals surface area contributed by atoms with Crippen LogP contribution >= 0.6 is 11.8 Å². The van der Waals surface area contributed by atoms with Crippen molar-refractivity contribution in [2.45, 2.75) is 80.5 Å². The van der Waals surface area contributed by atoms with Crippen LogP contribution in [-0.4, -0.2) is 73.5 Å². The molecule has 7 nitrogen and oxygen atoms in total. The van der Waals surface area contributed by atoms with Crippen LogP contribution in [0, 0.1) is 11.8 Å². The molecule has 0 saturated carbocycles. The molecule has 2 amide bonds. The lowest BCUT2D eigenvalue weighted by molar-refractivity contribution is -0.156. The van der Waals surface area contributed by atoms with E-state index in [0.717, 1.165) is 12.0 Å². The van der Waals surface area contributed by atoms with E-state index in [1.165, 1.54) is 0 Å². The number of carbonyl (C=O) groups excluding carboxylic acids is 3. The summed E-state index contributed by atoms with van der Waals surface area (Å²) < 4.78 is 4.41. The van der Waals surface area contributed by atoms with Gasteiger partial charge in [0.15, 0.2) is 0 Å². The van der Waals surface area contributed by atoms with Crippen molar-refractivity contribution < 1.29 is 24.2 Å². The van der Waals surface area contributed by atoms with Crippen molar-refractivity contribution in [2.24, 2.45) is 11.8 Å². The zero-order chi connectivity index (χ0) is 28.6. The molecule has 3 aliphatic heterocycles. The van der Waals surface area contributed by atoms with E-state index in [1.54, 1.807) is 33.7 Å². The molecule has 3 aliphatic rings. The largest absolute Gasteiger partial charge is 0.465 e. The molecule has 1 aromatic rings. The maximum absolute atomic E-state index is 14.6. The molecule has 212 valence electrons. The highest BCUT2D eigenvalue weighted by Crippen LogP contribution is 2.72. The fourth-order valence-electron chi connectivity index (χ4n) is 6.83. The monoisotopic (exact) mass is 554 g/mol. The Morgan fingerprint density at radius 2 is 1.92 bits per heavy atom. The van der Waals surface area contributed by atoms with Crippen molar-refractivity contribution in [1.29, 1.82) is 0 Å². The first-order valence-corrected chi connectivity index (χ1v) is 14.7. The number of likely N-dealkylation sites (tertiary alicyclic amines) is 1. The van der Waals surface area contributed by atoms with Crippen LogP contribution in [0.25, 0.3) is 0 Å². The normalized spacial score (nSPS) is 30.1. The quantitative estimate of drug-likeness (QED) is 0.246. The van der Waals surface area contributed by atoms with Crippen molar-refractivity contribution in [3.05, 3.63) is 61.2 Å². The van der Waals surface area contributed by atoms with Crippen molar-refractivity contribution in [3.63, 3.8) is 0 Å². The number of aliphatic hydroxyl groups excluding tert-OH is 1. The SMILES string of the molecule is C=CCCCOC(=O)[C@@H]1[C@H]2C(=O)N([C@H](CO)c3ccccc3)C(C(=O)N(CC=C)C(C)(C)C)C23CC[C@@]1(C)S3. The van der Waals surface area contributed by atoms with Crippen LogP contribution in [-0.2, 0) is 19.1 Å². The molecule has 39 heavy (non-hydrogen) atoms. The second kappa shape index (κ2) is 11.1. The average Bonchev–Trinajstić information content (AvgIpc) is 3.46. The van der Waals surface area contributed by atoms with Gasteiger partial charge in [-0.1, -0.05) is 42.5 Å². The van der Waals surface area contributed by atoms with Crippen LogP contribution in [0.15, 0.2) is 55.6 Å². The molecule has 4 rings (SSSR count). The lowest BCUT2D eigenvalue weighted by Crippen LogP contribution is -2.59. The van der Waals surface area contributed by atoms with E-state index in [-0.39, 0.29) is 31.0 Å². The van der Waals surface area contributed by atoms with Crippen LogP contribution in [0.5, 0.6) is 0 Å². The molecule has 8 heteroatoms. The minimum absolute atomic E-state index is 0.176. The molecule has 1 spiro atoms. The lowest BCUT2D eigenvalue weighted by Gasteiger charge is -2.43. The number of thioether (sulfide) groups is 1. The van der Waals surface area contributed by atoms with Gasteiger partial charge in [-0.3, -0.25) is 14.4 Å². The Morgan fingerprint density at radius 1 is 1.23 bits per heavy atom. The summed E-state index contributed by atoms with van der Waals surface area (Å²) in [5.74, 6) is -2.17. The van der Waals surface area contributed by atoms with E-state index in [1.807, 2.05) is 58.0 Å². The number of hydrogen-bond donors (Lipinski definition) is 1. The zero-order valence-electron chi connectivity index (χ0n) is 23.6. The van der Waals surface area contributed by atoms with Crippen LogP contribution in [0.4, 0.5) is 0 Å². The maximum Gasteiger partial charge on any atom is 0.311 e. The molecule has 3 fully saturated rings. The van der Waals surface area contributed by atoms with Crippen LogP contribution in [0.2, 0.25) is 0 Å². The molecule has 0 aromatic heterocycles. The fraction of sp³-hybridized carbons (Fsp3) is 0.581. The first-order chi connectivity index (χ1) is 18.5. The average molecular weight is 555 g/mol. The Balaban J connectivity index is 1.82. The van der Waals surface area contributed by atoms with Crippen molar-refractivity contribution in [2.75, 3.05) is 19.8 Å². The molecule has 0 aliphatic carbocycles. The summed E-state index contributed by atoms with van der Waals surface area (Å²) in [6.45, 7) is 15.8. The highest BCUT2D eigenvalue weighted by atomic mass is 32.2. The number of aliphatic hydroxyl groups is 1. The molecule has 2 unspecified atom stereocenters. The maximum atomic E-state index is 14.6. The molecule has 1 N–H and O–H groups in total. The van der Waals surface area contributed by atoms with E-state index in [9.17, 15) is 19.5 Å². The Kier molecular flexibility index (Phi) is 8.39. The van der Waals surface area contributed by atoms with E-state index in [4.69, 9.17) is 4.74 Å². The van der Waals surface area contributed by atoms with Crippen LogP contribution in [0.1, 0.15) is 65.0 Å². The second-order valence-corrected chi connectivity index (χ2v) is 14.0. The summed E-state index contributed by atoms with van der Waals surface area (Å²) in [6.07, 6.45) is 6.24. The highest BCUT2D eigenvalue weighted by Gasteiger charge is 2.78. The minimum atomic E-state index is -0.836. The first kappa shape index (κ1) is 29.4. The molecular formula is C31H42N2O5S. The fourth-order valence-corrected chi connectivity index (χ4v) is 9.15. The molecule has 6 atom stereocenters. The number of unbranched alkanes of at least 4 members (excludes halogenated alkanes) is 1. The van der Waals surface area contributed by atoms with Gasteiger partial charge in [-0.2, -0.15) is 0 Å². The molecule has 3 saturated heterocycles. The van der Waals surface area contributed by atoms with Gasteiger partial charge in [0, 0.05) is 16.8 Å². The molecule has 1 aromatic carbocycles. The number of carbonyl (C=O) groups is 3. The highest BCUT2D eigenvalue weighted by molar-refractivity contribution is 8.02. The van der Waals surface area contributed by atoms with Gasteiger partial charge in [0.25, 0.3) is 0 Å². The van der Waals surface area contributed by atoms with Gasteiger partial charge in [-0.25, -0.2) is 0 Å². The number of fused-ring (bicyclic) bond motifs is 1. The lowest BCUT2D eigenvalue weighted by atomic mass is 9.66. The molecule has 3 heterocycles. The Morgan fingerprint density at radius 3 is 2.51 bits per heavy atom.